The Morgan fingerprint density at radius 2 is 1.74 bits per heavy atom. The molecule has 1 N–H and O–H groups in total. The van der Waals surface area contributed by atoms with Crippen molar-refractivity contribution in [3.05, 3.63) is 95.6 Å². The van der Waals surface area contributed by atoms with Crippen molar-refractivity contribution in [3.8, 4) is 5.75 Å². The molecule has 3 aromatic carbocycles. The van der Waals surface area contributed by atoms with Crippen LogP contribution >= 0.6 is 0 Å². The lowest BCUT2D eigenvalue weighted by Gasteiger charge is -2.46. The average Bonchev–Trinajstić information content (AvgIpc) is 2.80. The van der Waals surface area contributed by atoms with Crippen LogP contribution in [-0.4, -0.2) is 24.0 Å². The smallest absolute Gasteiger partial charge is 0.258 e. The lowest BCUT2D eigenvalue weighted by atomic mass is 9.93. The van der Waals surface area contributed by atoms with Gasteiger partial charge in [-0.1, -0.05) is 61.5 Å². The Morgan fingerprint density at radius 1 is 0.968 bits per heavy atom. The fourth-order valence-electron chi connectivity index (χ4n) is 4.23. The van der Waals surface area contributed by atoms with Crippen molar-refractivity contribution < 1.29 is 9.53 Å². The van der Waals surface area contributed by atoms with Crippen LogP contribution in [0.25, 0.3) is 0 Å². The van der Waals surface area contributed by atoms with Crippen LogP contribution < -0.4 is 10.1 Å². The van der Waals surface area contributed by atoms with Crippen molar-refractivity contribution in [3.63, 3.8) is 0 Å². The number of hydrogen-bond acceptors (Lipinski definition) is 3. The third-order valence-corrected chi connectivity index (χ3v) is 5.89. The molecular weight excluding hydrogens is 384 g/mol. The number of amides is 1. The van der Waals surface area contributed by atoms with Crippen molar-refractivity contribution in [2.45, 2.75) is 38.8 Å². The van der Waals surface area contributed by atoms with E-state index in [1.807, 2.05) is 47.4 Å². The van der Waals surface area contributed by atoms with Gasteiger partial charge in [0.2, 0.25) is 0 Å². The number of para-hydroxylation sites is 1. The molecule has 1 aliphatic heterocycles. The minimum absolute atomic E-state index is 0.0629. The Kier molecular flexibility index (Phi) is 6.26. The Hall–Kier alpha value is -3.27. The van der Waals surface area contributed by atoms with E-state index in [-0.39, 0.29) is 5.91 Å². The second-order valence-electron chi connectivity index (χ2n) is 8.17. The first-order chi connectivity index (χ1) is 15.1. The minimum atomic E-state index is -0.634. The van der Waals surface area contributed by atoms with E-state index in [4.69, 9.17) is 4.74 Å². The molecule has 1 amide bonds. The van der Waals surface area contributed by atoms with Crippen LogP contribution in [0.15, 0.2) is 78.9 Å². The lowest BCUT2D eigenvalue weighted by molar-refractivity contribution is 0.0535. The summed E-state index contributed by atoms with van der Waals surface area (Å²) in [5.41, 5.74) is 3.30. The molecule has 0 aromatic heterocycles. The van der Waals surface area contributed by atoms with Gasteiger partial charge in [-0.15, -0.1) is 0 Å². The molecule has 0 saturated heterocycles. The summed E-state index contributed by atoms with van der Waals surface area (Å²) in [5.74, 6) is 0.893. The molecule has 1 atom stereocenters. The van der Waals surface area contributed by atoms with E-state index >= 15 is 0 Å². The standard InChI is InChI=1S/C27H30N2O2/c1-3-18-29-26(30)24-16-7-8-17-25(24)28-27(29,2)22-14-9-15-23(20-22)31-19-10-13-21-11-5-4-6-12-21/h4-9,11-12,14-17,20,28H,3,10,13,18-19H2,1-2H3. The molecular formula is C27H30N2O2. The molecule has 4 nitrogen and oxygen atoms in total. The van der Waals surface area contributed by atoms with Gasteiger partial charge in [-0.3, -0.25) is 4.79 Å². The monoisotopic (exact) mass is 414 g/mol. The molecule has 0 bridgehead atoms. The summed E-state index contributed by atoms with van der Waals surface area (Å²) < 4.78 is 6.06. The molecule has 1 unspecified atom stereocenters. The number of nitrogens with zero attached hydrogens (tertiary/aromatic N) is 1. The highest BCUT2D eigenvalue weighted by Gasteiger charge is 2.42. The van der Waals surface area contributed by atoms with E-state index < -0.39 is 5.66 Å². The highest BCUT2D eigenvalue weighted by Crippen LogP contribution is 2.38. The van der Waals surface area contributed by atoms with Gasteiger partial charge in [0.1, 0.15) is 11.4 Å². The highest BCUT2D eigenvalue weighted by molar-refractivity contribution is 6.02. The van der Waals surface area contributed by atoms with Gasteiger partial charge in [0.15, 0.2) is 0 Å². The number of benzene rings is 3. The SMILES string of the molecule is CCCN1C(=O)c2ccccc2NC1(C)c1cccc(OCCCc2ccccc2)c1. The Morgan fingerprint density at radius 3 is 2.55 bits per heavy atom. The number of carbonyl (C=O) groups excluding carboxylic acids is 1. The predicted molar refractivity (Wildman–Crippen MR) is 125 cm³/mol. The number of carbonyl (C=O) groups is 1. The first kappa shape index (κ1) is 21.0. The van der Waals surface area contributed by atoms with Gasteiger partial charge in [0.25, 0.3) is 5.91 Å². The zero-order valence-electron chi connectivity index (χ0n) is 18.3. The van der Waals surface area contributed by atoms with Gasteiger partial charge in [-0.05, 0) is 56.0 Å². The zero-order chi connectivity index (χ0) is 21.7. The lowest BCUT2D eigenvalue weighted by Crippen LogP contribution is -2.56. The third-order valence-electron chi connectivity index (χ3n) is 5.89. The van der Waals surface area contributed by atoms with E-state index in [1.165, 1.54) is 5.56 Å². The number of fused-ring (bicyclic) bond motifs is 1. The van der Waals surface area contributed by atoms with Gasteiger partial charge in [-0.25, -0.2) is 0 Å². The molecule has 160 valence electrons. The second kappa shape index (κ2) is 9.25. The molecule has 0 saturated carbocycles. The first-order valence-electron chi connectivity index (χ1n) is 11.1. The third kappa shape index (κ3) is 4.43. The Balaban J connectivity index is 1.51. The summed E-state index contributed by atoms with van der Waals surface area (Å²) in [6.45, 7) is 5.51. The maximum Gasteiger partial charge on any atom is 0.258 e. The van der Waals surface area contributed by atoms with Crippen LogP contribution in [-0.2, 0) is 12.1 Å². The number of hydrogen-bond donors (Lipinski definition) is 1. The topological polar surface area (TPSA) is 41.6 Å². The summed E-state index contributed by atoms with van der Waals surface area (Å²) >= 11 is 0. The van der Waals surface area contributed by atoms with E-state index in [2.05, 4.69) is 55.6 Å². The van der Waals surface area contributed by atoms with Gasteiger partial charge in [0.05, 0.1) is 12.2 Å². The molecule has 31 heavy (non-hydrogen) atoms. The maximum atomic E-state index is 13.3. The summed E-state index contributed by atoms with van der Waals surface area (Å²) in [6, 6.07) is 26.3. The number of nitrogens with one attached hydrogen (secondary N) is 1. The number of aryl methyl sites for hydroxylation is 1. The van der Waals surface area contributed by atoms with Gasteiger partial charge >= 0.3 is 0 Å². The van der Waals surface area contributed by atoms with Crippen LogP contribution in [0.1, 0.15) is 48.2 Å². The minimum Gasteiger partial charge on any atom is -0.494 e. The van der Waals surface area contributed by atoms with Gasteiger partial charge in [0, 0.05) is 17.8 Å². The fourth-order valence-corrected chi connectivity index (χ4v) is 4.23. The largest absolute Gasteiger partial charge is 0.494 e. The van der Waals surface area contributed by atoms with Crippen molar-refractivity contribution in [1.29, 1.82) is 0 Å². The van der Waals surface area contributed by atoms with Crippen molar-refractivity contribution in [1.82, 2.24) is 4.90 Å². The van der Waals surface area contributed by atoms with Crippen molar-refractivity contribution in [2.24, 2.45) is 0 Å². The molecule has 4 heteroatoms. The fraction of sp³-hybridized carbons (Fsp3) is 0.296. The van der Waals surface area contributed by atoms with Crippen LogP contribution in [0.5, 0.6) is 5.75 Å². The zero-order valence-corrected chi connectivity index (χ0v) is 18.3. The predicted octanol–water partition coefficient (Wildman–Crippen LogP) is 5.85. The van der Waals surface area contributed by atoms with Crippen LogP contribution in [0.2, 0.25) is 0 Å². The summed E-state index contributed by atoms with van der Waals surface area (Å²) in [6.07, 6.45) is 2.84. The highest BCUT2D eigenvalue weighted by atomic mass is 16.5. The summed E-state index contributed by atoms with van der Waals surface area (Å²) in [4.78, 5) is 15.2. The summed E-state index contributed by atoms with van der Waals surface area (Å²) in [5, 5.41) is 3.62. The molecule has 0 radical (unpaired) electrons. The number of anilines is 1. The van der Waals surface area contributed by atoms with E-state index in [0.717, 1.165) is 41.8 Å². The van der Waals surface area contributed by atoms with Gasteiger partial charge < -0.3 is 15.0 Å². The van der Waals surface area contributed by atoms with E-state index in [9.17, 15) is 4.79 Å². The Bertz CT molecular complexity index is 1030. The quantitative estimate of drug-likeness (QED) is 0.470. The van der Waals surface area contributed by atoms with Crippen molar-refractivity contribution >= 4 is 11.6 Å². The average molecular weight is 415 g/mol. The van der Waals surface area contributed by atoms with Crippen LogP contribution in [0.3, 0.4) is 0 Å². The van der Waals surface area contributed by atoms with Crippen molar-refractivity contribution in [2.75, 3.05) is 18.5 Å². The molecule has 1 aliphatic rings. The van der Waals surface area contributed by atoms with E-state index in [0.29, 0.717) is 13.2 Å². The molecule has 0 fully saturated rings. The van der Waals surface area contributed by atoms with Crippen LogP contribution in [0, 0.1) is 0 Å². The van der Waals surface area contributed by atoms with Crippen LogP contribution in [0.4, 0.5) is 5.69 Å². The molecule has 3 aromatic rings. The molecule has 4 rings (SSSR count). The van der Waals surface area contributed by atoms with Gasteiger partial charge in [-0.2, -0.15) is 0 Å². The second-order valence-corrected chi connectivity index (χ2v) is 8.17. The molecule has 0 spiro atoms. The molecule has 0 aliphatic carbocycles. The normalized spacial score (nSPS) is 17.7. The summed E-state index contributed by atoms with van der Waals surface area (Å²) in [7, 11) is 0. The Labute approximate surface area is 184 Å². The first-order valence-corrected chi connectivity index (χ1v) is 11.1. The number of rotatable bonds is 8. The maximum absolute atomic E-state index is 13.3. The van der Waals surface area contributed by atoms with E-state index in [1.54, 1.807) is 0 Å². The molecule has 1 heterocycles. The number of ether oxygens (including phenoxy) is 1.